The van der Waals surface area contributed by atoms with Crippen molar-refractivity contribution < 1.29 is 19.1 Å². The van der Waals surface area contributed by atoms with E-state index in [1.807, 2.05) is 13.8 Å². The number of carbonyl (C=O) groups excluding carboxylic acids is 2. The number of thiocarbonyl (C=S) groups is 1. The highest BCUT2D eigenvalue weighted by molar-refractivity contribution is 8.23. The van der Waals surface area contributed by atoms with Crippen molar-refractivity contribution in [3.8, 4) is 0 Å². The largest absolute Gasteiger partial charge is 0.449 e. The Morgan fingerprint density at radius 2 is 1.80 bits per heavy atom. The van der Waals surface area contributed by atoms with Crippen LogP contribution in [0.15, 0.2) is 0 Å². The van der Waals surface area contributed by atoms with Crippen molar-refractivity contribution in [3.63, 3.8) is 0 Å². The van der Waals surface area contributed by atoms with E-state index in [0.29, 0.717) is 4.32 Å². The van der Waals surface area contributed by atoms with E-state index in [1.165, 1.54) is 18.9 Å². The van der Waals surface area contributed by atoms with Crippen molar-refractivity contribution in [2.45, 2.75) is 66.7 Å². The van der Waals surface area contributed by atoms with E-state index < -0.39 is 23.6 Å². The van der Waals surface area contributed by atoms with E-state index >= 15 is 0 Å². The number of amides is 1. The predicted molar refractivity (Wildman–Crippen MR) is 105 cm³/mol. The van der Waals surface area contributed by atoms with Gasteiger partial charge in [0.1, 0.15) is 10.4 Å². The molecule has 25 heavy (non-hydrogen) atoms. The first-order chi connectivity index (χ1) is 11.4. The maximum atomic E-state index is 13.3. The fourth-order valence-corrected chi connectivity index (χ4v) is 4.25. The van der Waals surface area contributed by atoms with Gasteiger partial charge in [0.05, 0.1) is 11.5 Å². The van der Waals surface area contributed by atoms with Crippen molar-refractivity contribution in [1.82, 2.24) is 4.90 Å². The van der Waals surface area contributed by atoms with Crippen LogP contribution in [0.1, 0.15) is 48.5 Å². The first-order valence-electron chi connectivity index (χ1n) is 8.65. The van der Waals surface area contributed by atoms with Crippen LogP contribution in [0.5, 0.6) is 0 Å². The Balaban J connectivity index is 3.19. The van der Waals surface area contributed by atoms with Crippen LogP contribution >= 0.6 is 24.0 Å². The molecule has 1 heterocycles. The first-order valence-corrected chi connectivity index (χ1v) is 10.0. The lowest BCUT2D eigenvalue weighted by Crippen LogP contribution is -2.53. The lowest BCUT2D eigenvalue weighted by atomic mass is 9.95. The fraction of sp³-hybridized carbons (Fsp3) is 0.833. The van der Waals surface area contributed by atoms with Gasteiger partial charge in [-0.3, -0.25) is 14.5 Å². The third-order valence-electron chi connectivity index (χ3n) is 4.23. The Bertz CT molecular complexity index is 514. The van der Waals surface area contributed by atoms with Crippen molar-refractivity contribution in [2.75, 3.05) is 12.9 Å². The summed E-state index contributed by atoms with van der Waals surface area (Å²) in [5, 5.41) is 0. The molecule has 0 aromatic heterocycles. The zero-order valence-electron chi connectivity index (χ0n) is 16.5. The Morgan fingerprint density at radius 3 is 2.20 bits per heavy atom. The quantitative estimate of drug-likeness (QED) is 0.512. The van der Waals surface area contributed by atoms with Crippen LogP contribution in [-0.2, 0) is 19.1 Å². The highest BCUT2D eigenvalue weighted by atomic mass is 32.2. The van der Waals surface area contributed by atoms with Gasteiger partial charge in [-0.15, -0.1) is 0 Å². The molecule has 0 aromatic carbocycles. The van der Waals surface area contributed by atoms with Gasteiger partial charge in [0.2, 0.25) is 6.10 Å². The van der Waals surface area contributed by atoms with Crippen LogP contribution in [0.25, 0.3) is 0 Å². The van der Waals surface area contributed by atoms with Gasteiger partial charge in [-0.1, -0.05) is 51.7 Å². The molecule has 0 saturated carbocycles. The zero-order valence-corrected chi connectivity index (χ0v) is 18.1. The smallest absolute Gasteiger partial charge is 0.312 e. The summed E-state index contributed by atoms with van der Waals surface area (Å²) in [7, 11) is 1.53. The van der Waals surface area contributed by atoms with Crippen LogP contribution in [0.4, 0.5) is 0 Å². The van der Waals surface area contributed by atoms with Gasteiger partial charge in [-0.2, -0.15) is 0 Å². The summed E-state index contributed by atoms with van der Waals surface area (Å²) in [5.41, 5.74) is -0.703. The molecular weight excluding hydrogens is 358 g/mol. The van der Waals surface area contributed by atoms with Gasteiger partial charge < -0.3 is 9.47 Å². The van der Waals surface area contributed by atoms with Gasteiger partial charge in [0.15, 0.2) is 0 Å². The standard InChI is InChI=1S/C18H31NO4S2/c1-10(2)12-9-25-17(24)19(12)15(20)14(13(22-8)11(3)4)23-16(21)18(5,6)7/h10-14H,9H2,1-8H3/t12-,13-,14-/m1/s1. The lowest BCUT2D eigenvalue weighted by Gasteiger charge is -2.35. The average Bonchev–Trinajstić information content (AvgIpc) is 2.86. The van der Waals surface area contributed by atoms with Crippen molar-refractivity contribution >= 4 is 40.2 Å². The van der Waals surface area contributed by atoms with Crippen molar-refractivity contribution in [3.05, 3.63) is 0 Å². The highest BCUT2D eigenvalue weighted by Crippen LogP contribution is 2.31. The molecule has 0 aromatic rings. The van der Waals surface area contributed by atoms with E-state index in [9.17, 15) is 9.59 Å². The van der Waals surface area contributed by atoms with Crippen LogP contribution in [0.3, 0.4) is 0 Å². The van der Waals surface area contributed by atoms with Gasteiger partial charge >= 0.3 is 5.97 Å². The lowest BCUT2D eigenvalue weighted by molar-refractivity contribution is -0.177. The monoisotopic (exact) mass is 389 g/mol. The number of thioether (sulfide) groups is 1. The zero-order chi connectivity index (χ0) is 19.5. The summed E-state index contributed by atoms with van der Waals surface area (Å²) < 4.78 is 11.7. The third kappa shape index (κ3) is 5.41. The summed E-state index contributed by atoms with van der Waals surface area (Å²) >= 11 is 6.89. The van der Waals surface area contributed by atoms with Crippen molar-refractivity contribution in [1.29, 1.82) is 0 Å². The summed E-state index contributed by atoms with van der Waals surface area (Å²) in [4.78, 5) is 27.4. The second-order valence-electron chi connectivity index (χ2n) is 8.12. The summed E-state index contributed by atoms with van der Waals surface area (Å²) in [6, 6.07) is 0.00510. The summed E-state index contributed by atoms with van der Waals surface area (Å²) in [6.07, 6.45) is -1.53. The molecule has 1 amide bonds. The van der Waals surface area contributed by atoms with E-state index in [2.05, 4.69) is 13.8 Å². The molecule has 144 valence electrons. The topological polar surface area (TPSA) is 55.8 Å². The number of methoxy groups -OCH3 is 1. The van der Waals surface area contributed by atoms with Gasteiger partial charge in [0.25, 0.3) is 5.91 Å². The average molecular weight is 390 g/mol. The third-order valence-corrected chi connectivity index (χ3v) is 5.73. The molecule has 5 nitrogen and oxygen atoms in total. The van der Waals surface area contributed by atoms with E-state index in [-0.39, 0.29) is 23.8 Å². The van der Waals surface area contributed by atoms with Crippen LogP contribution in [0, 0.1) is 17.3 Å². The molecule has 1 saturated heterocycles. The Labute approximate surface area is 161 Å². The van der Waals surface area contributed by atoms with Gasteiger partial charge in [-0.25, -0.2) is 0 Å². The Hall–Kier alpha value is -0.660. The molecule has 1 fully saturated rings. The van der Waals surface area contributed by atoms with Crippen molar-refractivity contribution in [2.24, 2.45) is 17.3 Å². The minimum atomic E-state index is -1.00. The van der Waals surface area contributed by atoms with Crippen LogP contribution < -0.4 is 0 Å². The minimum Gasteiger partial charge on any atom is -0.449 e. The molecule has 0 bridgehead atoms. The second-order valence-corrected chi connectivity index (χ2v) is 9.77. The summed E-state index contributed by atoms with van der Waals surface area (Å²) in [5.74, 6) is 0.324. The Kier molecular flexibility index (Phi) is 7.90. The van der Waals surface area contributed by atoms with Crippen LogP contribution in [0.2, 0.25) is 0 Å². The van der Waals surface area contributed by atoms with E-state index in [4.69, 9.17) is 21.7 Å². The molecule has 0 radical (unpaired) electrons. The molecule has 1 aliphatic heterocycles. The fourth-order valence-electron chi connectivity index (χ4n) is 2.61. The molecule has 1 rings (SSSR count). The number of ether oxygens (including phenoxy) is 2. The van der Waals surface area contributed by atoms with Gasteiger partial charge in [0, 0.05) is 12.9 Å². The molecule has 0 unspecified atom stereocenters. The van der Waals surface area contributed by atoms with E-state index in [0.717, 1.165) is 5.75 Å². The number of nitrogens with zero attached hydrogens (tertiary/aromatic N) is 1. The maximum absolute atomic E-state index is 13.3. The van der Waals surface area contributed by atoms with Gasteiger partial charge in [-0.05, 0) is 32.6 Å². The molecule has 7 heteroatoms. The predicted octanol–water partition coefficient (Wildman–Crippen LogP) is 3.50. The van der Waals surface area contributed by atoms with Crippen LogP contribution in [-0.4, -0.2) is 52.2 Å². The number of rotatable bonds is 6. The number of carbonyl (C=O) groups is 2. The highest BCUT2D eigenvalue weighted by Gasteiger charge is 2.45. The number of hydrogen-bond donors (Lipinski definition) is 0. The second kappa shape index (κ2) is 8.82. The number of esters is 1. The summed E-state index contributed by atoms with van der Waals surface area (Å²) in [6.45, 7) is 13.3. The maximum Gasteiger partial charge on any atom is 0.312 e. The first kappa shape index (κ1) is 22.4. The normalized spacial score (nSPS) is 21.0. The van der Waals surface area contributed by atoms with E-state index in [1.54, 1.807) is 25.7 Å². The molecule has 0 spiro atoms. The Morgan fingerprint density at radius 1 is 1.24 bits per heavy atom. The molecular formula is C18H31NO4S2. The molecule has 0 N–H and O–H groups in total. The number of hydrogen-bond acceptors (Lipinski definition) is 6. The minimum absolute atomic E-state index is 0.00510. The molecule has 3 atom stereocenters. The SMILES string of the molecule is CO[C@H](C(C)C)[C@@H](OC(=O)C(C)(C)C)C(=O)N1C(=S)SC[C@@H]1C(C)C. The molecule has 0 aliphatic carbocycles. The molecule has 1 aliphatic rings.